The normalized spacial score (nSPS) is 20.7. The first kappa shape index (κ1) is 24.1. The van der Waals surface area contributed by atoms with Gasteiger partial charge in [0.2, 0.25) is 17.6 Å². The minimum atomic E-state index is -1.13. The lowest BCUT2D eigenvalue weighted by molar-refractivity contribution is -0.384. The van der Waals surface area contributed by atoms with Gasteiger partial charge in [-0.05, 0) is 18.9 Å². The Morgan fingerprint density at radius 1 is 1.35 bits per heavy atom. The van der Waals surface area contributed by atoms with Gasteiger partial charge in [0.25, 0.3) is 0 Å². The van der Waals surface area contributed by atoms with Crippen molar-refractivity contribution in [3.63, 3.8) is 0 Å². The first-order valence-corrected chi connectivity index (χ1v) is 10.0. The van der Waals surface area contributed by atoms with Crippen molar-refractivity contribution in [1.82, 2.24) is 10.3 Å². The number of aromatic nitrogens is 1. The maximum absolute atomic E-state index is 11.9. The topological polar surface area (TPSA) is 153 Å². The summed E-state index contributed by atoms with van der Waals surface area (Å²) in [6.45, 7) is 5.24. The Morgan fingerprint density at radius 2 is 2.03 bits per heavy atom. The van der Waals surface area contributed by atoms with E-state index >= 15 is 0 Å². The number of ether oxygens (including phenoxy) is 2. The Morgan fingerprint density at radius 3 is 2.55 bits per heavy atom. The Bertz CT molecular complexity index is 854. The van der Waals surface area contributed by atoms with Gasteiger partial charge in [0.1, 0.15) is 0 Å². The van der Waals surface area contributed by atoms with Gasteiger partial charge >= 0.3 is 11.7 Å². The van der Waals surface area contributed by atoms with Crippen LogP contribution < -0.4 is 15.4 Å². The number of anilines is 1. The molecule has 11 nitrogen and oxygen atoms in total. The fourth-order valence-corrected chi connectivity index (χ4v) is 3.48. The third-order valence-electron chi connectivity index (χ3n) is 5.07. The van der Waals surface area contributed by atoms with Crippen molar-refractivity contribution < 1.29 is 29.1 Å². The summed E-state index contributed by atoms with van der Waals surface area (Å²) in [6, 6.07) is 1.21. The smallest absolute Gasteiger partial charge is 0.331 e. The molecule has 0 aliphatic heterocycles. The lowest BCUT2D eigenvalue weighted by Crippen LogP contribution is -2.56. The van der Waals surface area contributed by atoms with Crippen LogP contribution in [0.2, 0.25) is 0 Å². The van der Waals surface area contributed by atoms with Gasteiger partial charge < -0.3 is 25.2 Å². The quantitative estimate of drug-likeness (QED) is 0.370. The van der Waals surface area contributed by atoms with E-state index in [-0.39, 0.29) is 41.4 Å². The zero-order valence-corrected chi connectivity index (χ0v) is 18.0. The molecule has 1 amide bonds. The minimum Gasteiger partial charge on any atom is -0.481 e. The number of hydrogen-bond donors (Lipinski definition) is 3. The molecule has 3 N–H and O–H groups in total. The van der Waals surface area contributed by atoms with Gasteiger partial charge in [0.15, 0.2) is 0 Å². The van der Waals surface area contributed by atoms with E-state index in [9.17, 15) is 24.8 Å². The summed E-state index contributed by atoms with van der Waals surface area (Å²) in [5, 5.41) is 26.8. The van der Waals surface area contributed by atoms with Crippen LogP contribution >= 0.6 is 0 Å². The summed E-state index contributed by atoms with van der Waals surface area (Å²) in [6.07, 6.45) is 2.02. The molecule has 0 radical (unpaired) electrons. The molecular formula is C20H28N4O7. The van der Waals surface area contributed by atoms with Crippen molar-refractivity contribution >= 4 is 23.4 Å². The van der Waals surface area contributed by atoms with Crippen molar-refractivity contribution in [2.45, 2.75) is 64.3 Å². The summed E-state index contributed by atoms with van der Waals surface area (Å²) >= 11 is 0. The molecule has 1 aliphatic carbocycles. The fourth-order valence-electron chi connectivity index (χ4n) is 3.48. The predicted octanol–water partition coefficient (Wildman–Crippen LogP) is 2.27. The molecule has 1 aliphatic rings. The number of nitrogens with zero attached hydrogens (tertiary/aromatic N) is 2. The fraction of sp³-hybridized carbons (Fsp3) is 0.550. The van der Waals surface area contributed by atoms with Crippen LogP contribution in [0, 0.1) is 10.1 Å². The number of carboxylic acid groups (broad SMARTS) is 1. The number of aliphatic carboxylic acids is 1. The number of rotatable bonds is 10. The highest BCUT2D eigenvalue weighted by atomic mass is 16.6. The van der Waals surface area contributed by atoms with E-state index in [1.165, 1.54) is 32.2 Å². The molecule has 0 bridgehead atoms. The molecule has 0 saturated carbocycles. The van der Waals surface area contributed by atoms with Crippen molar-refractivity contribution in [3.05, 3.63) is 33.9 Å². The van der Waals surface area contributed by atoms with Crippen LogP contribution in [-0.2, 0) is 14.3 Å². The van der Waals surface area contributed by atoms with Crippen LogP contribution in [0.1, 0.15) is 40.0 Å². The van der Waals surface area contributed by atoms with Crippen molar-refractivity contribution in [2.24, 2.45) is 0 Å². The highest BCUT2D eigenvalue weighted by Crippen LogP contribution is 2.31. The van der Waals surface area contributed by atoms with Crippen LogP contribution in [0.5, 0.6) is 5.88 Å². The summed E-state index contributed by atoms with van der Waals surface area (Å²) in [5.41, 5.74) is -0.216. The van der Waals surface area contributed by atoms with Crippen LogP contribution in [-0.4, -0.2) is 58.3 Å². The number of nitro groups is 1. The predicted molar refractivity (Wildman–Crippen MR) is 112 cm³/mol. The largest absolute Gasteiger partial charge is 0.481 e. The van der Waals surface area contributed by atoms with E-state index in [2.05, 4.69) is 15.6 Å². The van der Waals surface area contributed by atoms with Gasteiger partial charge in [-0.1, -0.05) is 13.8 Å². The zero-order chi connectivity index (χ0) is 23.1. The van der Waals surface area contributed by atoms with Crippen molar-refractivity contribution in [2.75, 3.05) is 12.4 Å². The summed E-state index contributed by atoms with van der Waals surface area (Å²) in [4.78, 5) is 38.6. The first-order valence-electron chi connectivity index (χ1n) is 10.0. The standard InChI is InChI=1S/C20H28N4O7/c1-5-13(6-2)31-16-10-12(20(26)27)9-14(18(16)21-11(3)25)22-19-15(24(28)29)7-8-17(23-19)30-4/h7-8,10,13-14,16,18H,5-6,9H2,1-4H3,(H,21,25)(H,22,23)(H,26,27)/t14-,16+,18+/m0/s1. The molecular weight excluding hydrogens is 408 g/mol. The zero-order valence-electron chi connectivity index (χ0n) is 18.0. The number of methoxy groups -OCH3 is 1. The van der Waals surface area contributed by atoms with E-state index in [0.717, 1.165) is 0 Å². The maximum Gasteiger partial charge on any atom is 0.331 e. The Balaban J connectivity index is 2.48. The Hall–Kier alpha value is -3.21. The van der Waals surface area contributed by atoms with Gasteiger partial charge in [0, 0.05) is 31.1 Å². The van der Waals surface area contributed by atoms with E-state index in [0.29, 0.717) is 12.8 Å². The number of hydrogen-bond acceptors (Lipinski definition) is 8. The lowest BCUT2D eigenvalue weighted by Gasteiger charge is -2.38. The number of nitrogens with one attached hydrogen (secondary N) is 2. The summed E-state index contributed by atoms with van der Waals surface area (Å²) in [7, 11) is 1.38. The third kappa shape index (κ3) is 6.14. The SMILES string of the molecule is CCC(CC)O[C@@H]1C=C(C(=O)O)C[C@H](Nc2nc(OC)ccc2[N+](=O)[O-])[C@H]1NC(C)=O. The summed E-state index contributed by atoms with van der Waals surface area (Å²) < 4.78 is 11.2. The molecule has 0 aromatic carbocycles. The Kier molecular flexibility index (Phi) is 8.31. The number of carboxylic acids is 1. The molecule has 0 fully saturated rings. The molecule has 3 atom stereocenters. The number of amides is 1. The van der Waals surface area contributed by atoms with Crippen LogP contribution in [0.3, 0.4) is 0 Å². The number of pyridine rings is 1. The van der Waals surface area contributed by atoms with E-state index in [1.807, 2.05) is 13.8 Å². The molecule has 11 heteroatoms. The van der Waals surface area contributed by atoms with Gasteiger partial charge in [-0.3, -0.25) is 14.9 Å². The molecule has 1 heterocycles. The molecule has 2 rings (SSSR count). The third-order valence-corrected chi connectivity index (χ3v) is 5.07. The lowest BCUT2D eigenvalue weighted by atomic mass is 9.87. The second kappa shape index (κ2) is 10.7. The molecule has 0 unspecified atom stereocenters. The van der Waals surface area contributed by atoms with Gasteiger partial charge in [-0.25, -0.2) is 4.79 Å². The van der Waals surface area contributed by atoms with Crippen molar-refractivity contribution in [1.29, 1.82) is 0 Å². The second-order valence-electron chi connectivity index (χ2n) is 7.20. The van der Waals surface area contributed by atoms with Crippen LogP contribution in [0.4, 0.5) is 11.5 Å². The maximum atomic E-state index is 11.9. The summed E-state index contributed by atoms with van der Waals surface area (Å²) in [5.74, 6) is -1.40. The van der Waals surface area contributed by atoms with E-state index in [1.54, 1.807) is 0 Å². The Labute approximate surface area is 180 Å². The average Bonchev–Trinajstić information content (AvgIpc) is 2.72. The molecule has 0 spiro atoms. The first-order chi connectivity index (χ1) is 14.7. The second-order valence-corrected chi connectivity index (χ2v) is 7.20. The highest BCUT2D eigenvalue weighted by molar-refractivity contribution is 5.87. The van der Waals surface area contributed by atoms with Gasteiger partial charge in [-0.15, -0.1) is 0 Å². The van der Waals surface area contributed by atoms with Crippen molar-refractivity contribution in [3.8, 4) is 5.88 Å². The average molecular weight is 436 g/mol. The molecule has 1 aromatic rings. The molecule has 170 valence electrons. The monoisotopic (exact) mass is 436 g/mol. The molecule has 31 heavy (non-hydrogen) atoms. The van der Waals surface area contributed by atoms with Crippen LogP contribution in [0.15, 0.2) is 23.8 Å². The minimum absolute atomic E-state index is 0.000892. The van der Waals surface area contributed by atoms with E-state index in [4.69, 9.17) is 9.47 Å². The van der Waals surface area contributed by atoms with Gasteiger partial charge in [-0.2, -0.15) is 4.98 Å². The highest BCUT2D eigenvalue weighted by Gasteiger charge is 2.38. The molecule has 1 aromatic heterocycles. The van der Waals surface area contributed by atoms with E-state index < -0.39 is 29.1 Å². The van der Waals surface area contributed by atoms with Crippen LogP contribution in [0.25, 0.3) is 0 Å². The van der Waals surface area contributed by atoms with Gasteiger partial charge in [0.05, 0.1) is 36.3 Å². The number of carbonyl (C=O) groups excluding carboxylic acids is 1. The molecule has 0 saturated heterocycles. The number of carbonyl (C=O) groups is 2.